The molecule has 0 saturated heterocycles. The number of rotatable bonds is 4. The monoisotopic (exact) mass is 381 g/mol. The molecule has 2 atom stereocenters. The molecule has 0 bridgehead atoms. The maximum absolute atomic E-state index is 13.7. The van der Waals surface area contributed by atoms with Crippen LogP contribution in [-0.4, -0.2) is 18.8 Å². The lowest BCUT2D eigenvalue weighted by Gasteiger charge is -2.41. The van der Waals surface area contributed by atoms with Gasteiger partial charge in [0.2, 0.25) is 10.0 Å². The van der Waals surface area contributed by atoms with E-state index in [0.29, 0.717) is 17.1 Å². The second-order valence-corrected chi connectivity index (χ2v) is 8.87. The number of nitrogens with zero attached hydrogens (tertiary/aromatic N) is 1. The van der Waals surface area contributed by atoms with Crippen molar-refractivity contribution in [1.29, 1.82) is 0 Å². The van der Waals surface area contributed by atoms with Crippen LogP contribution in [-0.2, 0) is 16.4 Å². The van der Waals surface area contributed by atoms with E-state index in [4.69, 9.17) is 4.42 Å². The Bertz CT molecular complexity index is 1020. The maximum Gasteiger partial charge on any atom is 0.244 e. The smallest absolute Gasteiger partial charge is 0.244 e. The van der Waals surface area contributed by atoms with Gasteiger partial charge in [-0.2, -0.15) is 4.31 Å². The van der Waals surface area contributed by atoms with E-state index >= 15 is 0 Å². The molecule has 0 saturated carbocycles. The molecule has 4 rings (SSSR count). The van der Waals surface area contributed by atoms with Crippen LogP contribution in [0.3, 0.4) is 0 Å². The van der Waals surface area contributed by atoms with E-state index in [9.17, 15) is 8.42 Å². The summed E-state index contributed by atoms with van der Waals surface area (Å²) in [7, 11) is -3.68. The van der Waals surface area contributed by atoms with E-state index < -0.39 is 16.1 Å². The Hall–Kier alpha value is -2.37. The van der Waals surface area contributed by atoms with Crippen LogP contribution in [0.4, 0.5) is 0 Å². The van der Waals surface area contributed by atoms with Crippen molar-refractivity contribution in [2.45, 2.75) is 43.7 Å². The Labute approximate surface area is 160 Å². The van der Waals surface area contributed by atoms with Crippen LogP contribution in [0.1, 0.15) is 41.8 Å². The lowest BCUT2D eigenvalue weighted by atomic mass is 9.88. The molecule has 5 heteroatoms. The molecule has 0 N–H and O–H groups in total. The number of sulfonamides is 1. The third-order valence-electron chi connectivity index (χ3n) is 5.30. The molecule has 0 amide bonds. The highest BCUT2D eigenvalue weighted by Crippen LogP contribution is 2.42. The first-order valence-corrected chi connectivity index (χ1v) is 10.7. The summed E-state index contributed by atoms with van der Waals surface area (Å²) in [5.41, 5.74) is 3.21. The third kappa shape index (κ3) is 3.11. The summed E-state index contributed by atoms with van der Waals surface area (Å²) in [6, 6.07) is 18.2. The molecule has 1 aliphatic rings. The van der Waals surface area contributed by atoms with Gasteiger partial charge in [-0.3, -0.25) is 0 Å². The Kier molecular flexibility index (Phi) is 4.66. The number of furan rings is 1. The van der Waals surface area contributed by atoms with Gasteiger partial charge in [-0.05, 0) is 55.2 Å². The van der Waals surface area contributed by atoms with Crippen molar-refractivity contribution in [3.05, 3.63) is 89.4 Å². The first kappa shape index (κ1) is 18.0. The quantitative estimate of drug-likeness (QED) is 0.658. The molecule has 0 fully saturated rings. The zero-order valence-corrected chi connectivity index (χ0v) is 16.3. The molecule has 3 aromatic rings. The standard InChI is InChI=1S/C22H23NO3S/c1-3-18-15-17-7-4-5-8-20(17)22(21-9-6-14-26-21)23(18)27(24,25)19-12-10-16(2)11-13-19/h4-14,18,22H,3,15H2,1-2H3/t18?,22-/m1/s1. The van der Waals surface area contributed by atoms with E-state index in [1.165, 1.54) is 5.56 Å². The van der Waals surface area contributed by atoms with Gasteiger partial charge >= 0.3 is 0 Å². The lowest BCUT2D eigenvalue weighted by molar-refractivity contribution is 0.226. The second-order valence-electron chi connectivity index (χ2n) is 7.03. The van der Waals surface area contributed by atoms with Crippen molar-refractivity contribution >= 4 is 10.0 Å². The van der Waals surface area contributed by atoms with Crippen molar-refractivity contribution < 1.29 is 12.8 Å². The molecule has 4 nitrogen and oxygen atoms in total. The van der Waals surface area contributed by atoms with E-state index in [1.807, 2.05) is 56.3 Å². The zero-order chi connectivity index (χ0) is 19.0. The molecule has 2 heterocycles. The Morgan fingerprint density at radius 3 is 2.44 bits per heavy atom. The first-order valence-electron chi connectivity index (χ1n) is 9.23. The number of hydrogen-bond donors (Lipinski definition) is 0. The van der Waals surface area contributed by atoms with Crippen molar-refractivity contribution in [2.75, 3.05) is 0 Å². The van der Waals surface area contributed by atoms with Crippen molar-refractivity contribution in [2.24, 2.45) is 0 Å². The minimum absolute atomic E-state index is 0.124. The number of aryl methyl sites for hydroxylation is 1. The van der Waals surface area contributed by atoms with Crippen molar-refractivity contribution in [1.82, 2.24) is 4.31 Å². The van der Waals surface area contributed by atoms with Crippen LogP contribution in [0.25, 0.3) is 0 Å². The van der Waals surface area contributed by atoms with Gasteiger partial charge in [-0.15, -0.1) is 0 Å². The van der Waals surface area contributed by atoms with Crippen molar-refractivity contribution in [3.63, 3.8) is 0 Å². The summed E-state index contributed by atoms with van der Waals surface area (Å²) >= 11 is 0. The Morgan fingerprint density at radius 1 is 1.04 bits per heavy atom. The minimum atomic E-state index is -3.68. The van der Waals surface area contributed by atoms with Gasteiger partial charge in [-0.25, -0.2) is 8.42 Å². The van der Waals surface area contributed by atoms with Gasteiger partial charge in [0.15, 0.2) is 0 Å². The molecule has 2 aromatic carbocycles. The molecule has 1 aliphatic heterocycles. The Morgan fingerprint density at radius 2 is 1.78 bits per heavy atom. The van der Waals surface area contributed by atoms with E-state index in [2.05, 4.69) is 6.07 Å². The second kappa shape index (κ2) is 6.98. The minimum Gasteiger partial charge on any atom is -0.467 e. The van der Waals surface area contributed by atoms with Crippen molar-refractivity contribution in [3.8, 4) is 0 Å². The van der Waals surface area contributed by atoms with Gasteiger partial charge in [0.05, 0.1) is 11.2 Å². The highest BCUT2D eigenvalue weighted by molar-refractivity contribution is 7.89. The number of hydrogen-bond acceptors (Lipinski definition) is 3. The molecule has 27 heavy (non-hydrogen) atoms. The molecule has 1 unspecified atom stereocenters. The SMILES string of the molecule is CCC1Cc2ccccc2[C@H](c2ccco2)N1S(=O)(=O)c1ccc(C)cc1. The fraction of sp³-hybridized carbons (Fsp3) is 0.273. The van der Waals surface area contributed by atoms with Gasteiger partial charge in [0.1, 0.15) is 11.8 Å². The predicted octanol–water partition coefficient (Wildman–Crippen LogP) is 4.70. The molecular formula is C22H23NO3S. The molecule has 140 valence electrons. The molecular weight excluding hydrogens is 358 g/mol. The summed E-state index contributed by atoms with van der Waals surface area (Å²) in [6.07, 6.45) is 3.04. The van der Waals surface area contributed by atoms with Gasteiger partial charge in [-0.1, -0.05) is 48.9 Å². The molecule has 0 aliphatic carbocycles. The molecule has 0 spiro atoms. The van der Waals surface area contributed by atoms with Crippen LogP contribution < -0.4 is 0 Å². The highest BCUT2D eigenvalue weighted by Gasteiger charge is 2.43. The predicted molar refractivity (Wildman–Crippen MR) is 105 cm³/mol. The first-order chi connectivity index (χ1) is 13.0. The summed E-state index contributed by atoms with van der Waals surface area (Å²) in [5, 5.41) is 0. The van der Waals surface area contributed by atoms with Gasteiger partial charge in [0, 0.05) is 6.04 Å². The number of fused-ring (bicyclic) bond motifs is 1. The highest BCUT2D eigenvalue weighted by atomic mass is 32.2. The fourth-order valence-corrected chi connectivity index (χ4v) is 5.73. The van der Waals surface area contributed by atoms with Gasteiger partial charge < -0.3 is 4.42 Å². The van der Waals surface area contributed by atoms with E-state index in [1.54, 1.807) is 22.7 Å². The topological polar surface area (TPSA) is 50.5 Å². The zero-order valence-electron chi connectivity index (χ0n) is 15.5. The van der Waals surface area contributed by atoms with Crippen LogP contribution in [0.5, 0.6) is 0 Å². The normalized spacial score (nSPS) is 20.4. The molecule has 0 radical (unpaired) electrons. The van der Waals surface area contributed by atoms with Crippen LogP contribution >= 0.6 is 0 Å². The summed E-state index contributed by atoms with van der Waals surface area (Å²) in [6.45, 7) is 3.99. The number of benzene rings is 2. The average Bonchev–Trinajstić information content (AvgIpc) is 3.21. The summed E-state index contributed by atoms with van der Waals surface area (Å²) < 4.78 is 34.7. The molecule has 1 aromatic heterocycles. The lowest BCUT2D eigenvalue weighted by Crippen LogP contribution is -2.47. The largest absolute Gasteiger partial charge is 0.467 e. The average molecular weight is 381 g/mol. The summed E-state index contributed by atoms with van der Waals surface area (Å²) in [5.74, 6) is 0.649. The van der Waals surface area contributed by atoms with Crippen LogP contribution in [0, 0.1) is 6.92 Å². The Balaban J connectivity index is 1.91. The maximum atomic E-state index is 13.7. The van der Waals surface area contributed by atoms with E-state index in [0.717, 1.165) is 17.5 Å². The fourth-order valence-electron chi connectivity index (χ4n) is 3.90. The van der Waals surface area contributed by atoms with Gasteiger partial charge in [0.25, 0.3) is 0 Å². The summed E-state index contributed by atoms with van der Waals surface area (Å²) in [4.78, 5) is 0.322. The van der Waals surface area contributed by atoms with Crippen LogP contribution in [0.15, 0.2) is 76.2 Å². The van der Waals surface area contributed by atoms with Crippen LogP contribution in [0.2, 0.25) is 0 Å². The van der Waals surface area contributed by atoms with E-state index in [-0.39, 0.29) is 6.04 Å². The third-order valence-corrected chi connectivity index (χ3v) is 7.23.